The van der Waals surface area contributed by atoms with E-state index in [1.54, 1.807) is 12.1 Å². The Bertz CT molecular complexity index is 1100. The third-order valence-corrected chi connectivity index (χ3v) is 4.88. The van der Waals surface area contributed by atoms with E-state index in [1.165, 1.54) is 12.1 Å². The summed E-state index contributed by atoms with van der Waals surface area (Å²) in [5.74, 6) is -0.235. The van der Waals surface area contributed by atoms with Crippen molar-refractivity contribution in [3.8, 4) is 34.1 Å². The van der Waals surface area contributed by atoms with Crippen molar-refractivity contribution in [3.63, 3.8) is 0 Å². The van der Waals surface area contributed by atoms with Crippen molar-refractivity contribution in [2.75, 3.05) is 0 Å². The fourth-order valence-corrected chi connectivity index (χ4v) is 3.74. The first-order valence-corrected chi connectivity index (χ1v) is 8.29. The van der Waals surface area contributed by atoms with Gasteiger partial charge in [-0.05, 0) is 47.9 Å². The van der Waals surface area contributed by atoms with E-state index in [2.05, 4.69) is 0 Å². The maximum absolute atomic E-state index is 10.9. The van der Waals surface area contributed by atoms with Crippen LogP contribution in [0.15, 0.2) is 48.5 Å². The zero-order valence-electron chi connectivity index (χ0n) is 14.4. The van der Waals surface area contributed by atoms with Crippen molar-refractivity contribution in [1.29, 1.82) is 0 Å². The molecule has 4 N–H and O–H groups in total. The molecule has 0 atom stereocenters. The topological polar surface area (TPSA) is 80.9 Å². The summed E-state index contributed by atoms with van der Waals surface area (Å²) in [4.78, 5) is 0. The minimum Gasteiger partial charge on any atom is -0.507 e. The van der Waals surface area contributed by atoms with E-state index in [-0.39, 0.29) is 23.0 Å². The summed E-state index contributed by atoms with van der Waals surface area (Å²) in [6.45, 7) is 3.68. The molecule has 0 bridgehead atoms. The van der Waals surface area contributed by atoms with Gasteiger partial charge in [0.2, 0.25) is 0 Å². The summed E-state index contributed by atoms with van der Waals surface area (Å²) >= 11 is 0. The molecule has 0 saturated carbocycles. The average molecular weight is 346 g/mol. The van der Waals surface area contributed by atoms with Gasteiger partial charge in [-0.3, -0.25) is 0 Å². The largest absolute Gasteiger partial charge is 0.507 e. The molecule has 4 aromatic rings. The van der Waals surface area contributed by atoms with Crippen molar-refractivity contribution in [2.45, 2.75) is 13.8 Å². The van der Waals surface area contributed by atoms with E-state index < -0.39 is 0 Å². The van der Waals surface area contributed by atoms with Crippen LogP contribution >= 0.6 is 0 Å². The lowest BCUT2D eigenvalue weighted by atomic mass is 9.89. The Morgan fingerprint density at radius 1 is 0.577 bits per heavy atom. The number of phenols is 4. The molecule has 4 heteroatoms. The molecule has 26 heavy (non-hydrogen) atoms. The molecular formula is C22H18O4. The minimum absolute atomic E-state index is 0.0259. The first kappa shape index (κ1) is 16.1. The van der Waals surface area contributed by atoms with Gasteiger partial charge in [-0.1, -0.05) is 36.4 Å². The standard InChI is InChI=1S/C22H18O4/c1-11-9-13-5-3-7-15(23)19(13)21(25)17(11)18-12(2)10-14-6-4-8-16(24)20(14)22(18)26/h3-10,23-26H,1-2H3. The Balaban J connectivity index is 2.18. The van der Waals surface area contributed by atoms with Gasteiger partial charge in [-0.15, -0.1) is 0 Å². The summed E-state index contributed by atoms with van der Waals surface area (Å²) < 4.78 is 0. The monoisotopic (exact) mass is 346 g/mol. The Morgan fingerprint density at radius 3 is 1.35 bits per heavy atom. The average Bonchev–Trinajstić information content (AvgIpc) is 2.57. The first-order valence-electron chi connectivity index (χ1n) is 8.29. The quantitative estimate of drug-likeness (QED) is 0.386. The number of hydrogen-bond donors (Lipinski definition) is 4. The predicted octanol–water partition coefficient (Wildman–Crippen LogP) is 5.10. The summed E-state index contributed by atoms with van der Waals surface area (Å²) in [6, 6.07) is 13.8. The van der Waals surface area contributed by atoms with Crippen LogP contribution in [-0.2, 0) is 0 Å². The van der Waals surface area contributed by atoms with Gasteiger partial charge >= 0.3 is 0 Å². The highest BCUT2D eigenvalue weighted by Crippen LogP contribution is 2.49. The van der Waals surface area contributed by atoms with Crippen LogP contribution < -0.4 is 0 Å². The molecule has 0 aliphatic heterocycles. The second-order valence-electron chi connectivity index (χ2n) is 6.58. The molecule has 0 unspecified atom stereocenters. The smallest absolute Gasteiger partial charge is 0.135 e. The van der Waals surface area contributed by atoms with Crippen molar-refractivity contribution < 1.29 is 20.4 Å². The van der Waals surface area contributed by atoms with E-state index in [0.29, 0.717) is 32.7 Å². The van der Waals surface area contributed by atoms with Crippen molar-refractivity contribution in [1.82, 2.24) is 0 Å². The highest BCUT2D eigenvalue weighted by Gasteiger charge is 2.21. The van der Waals surface area contributed by atoms with Gasteiger partial charge in [-0.25, -0.2) is 0 Å². The van der Waals surface area contributed by atoms with Gasteiger partial charge in [0, 0.05) is 11.1 Å². The number of rotatable bonds is 1. The molecule has 0 amide bonds. The number of aryl methyl sites for hydroxylation is 2. The lowest BCUT2D eigenvalue weighted by Gasteiger charge is -2.18. The molecule has 0 fully saturated rings. The molecule has 0 aliphatic rings. The third-order valence-electron chi connectivity index (χ3n) is 4.88. The van der Waals surface area contributed by atoms with Gasteiger partial charge in [0.1, 0.15) is 23.0 Å². The van der Waals surface area contributed by atoms with Crippen LogP contribution in [0.2, 0.25) is 0 Å². The molecule has 0 aromatic heterocycles. The molecule has 130 valence electrons. The lowest BCUT2D eigenvalue weighted by molar-refractivity contribution is 0.459. The molecule has 4 rings (SSSR count). The number of benzene rings is 4. The van der Waals surface area contributed by atoms with Crippen molar-refractivity contribution in [2.24, 2.45) is 0 Å². The maximum atomic E-state index is 10.9. The van der Waals surface area contributed by atoms with Crippen LogP contribution in [-0.4, -0.2) is 20.4 Å². The number of hydrogen-bond acceptors (Lipinski definition) is 4. The summed E-state index contributed by atoms with van der Waals surface area (Å²) in [6.07, 6.45) is 0. The fraction of sp³-hybridized carbons (Fsp3) is 0.0909. The van der Waals surface area contributed by atoms with Gasteiger partial charge in [0.25, 0.3) is 0 Å². The van der Waals surface area contributed by atoms with Gasteiger partial charge in [0.15, 0.2) is 0 Å². The fourth-order valence-electron chi connectivity index (χ4n) is 3.74. The normalized spacial score (nSPS) is 11.3. The molecule has 0 aliphatic carbocycles. The Morgan fingerprint density at radius 2 is 0.962 bits per heavy atom. The van der Waals surface area contributed by atoms with E-state index in [0.717, 1.165) is 11.1 Å². The maximum Gasteiger partial charge on any atom is 0.135 e. The van der Waals surface area contributed by atoms with Crippen LogP contribution in [0.5, 0.6) is 23.0 Å². The molecule has 4 nitrogen and oxygen atoms in total. The molecular weight excluding hydrogens is 328 g/mol. The second-order valence-corrected chi connectivity index (χ2v) is 6.58. The van der Waals surface area contributed by atoms with Gasteiger partial charge in [-0.2, -0.15) is 0 Å². The zero-order valence-corrected chi connectivity index (χ0v) is 14.4. The van der Waals surface area contributed by atoms with E-state index in [1.807, 2.05) is 38.1 Å². The number of phenolic OH excluding ortho intramolecular Hbond substituents is 4. The van der Waals surface area contributed by atoms with E-state index in [4.69, 9.17) is 0 Å². The highest BCUT2D eigenvalue weighted by atomic mass is 16.3. The van der Waals surface area contributed by atoms with Crippen LogP contribution in [0.25, 0.3) is 32.7 Å². The number of aromatic hydroxyl groups is 4. The summed E-state index contributed by atoms with van der Waals surface area (Å²) in [5, 5.41) is 44.4. The third kappa shape index (κ3) is 2.15. The summed E-state index contributed by atoms with van der Waals surface area (Å²) in [7, 11) is 0. The molecule has 0 saturated heterocycles. The van der Waals surface area contributed by atoms with Crippen LogP contribution in [0.4, 0.5) is 0 Å². The lowest BCUT2D eigenvalue weighted by Crippen LogP contribution is -1.92. The van der Waals surface area contributed by atoms with Crippen LogP contribution in [0.1, 0.15) is 11.1 Å². The predicted molar refractivity (Wildman–Crippen MR) is 103 cm³/mol. The molecule has 0 radical (unpaired) electrons. The van der Waals surface area contributed by atoms with Crippen LogP contribution in [0, 0.1) is 13.8 Å². The van der Waals surface area contributed by atoms with Crippen molar-refractivity contribution >= 4 is 21.5 Å². The number of fused-ring (bicyclic) bond motifs is 2. The Kier molecular flexibility index (Phi) is 3.44. The van der Waals surface area contributed by atoms with Gasteiger partial charge < -0.3 is 20.4 Å². The second kappa shape index (κ2) is 5.56. The molecule has 0 spiro atoms. The van der Waals surface area contributed by atoms with E-state index >= 15 is 0 Å². The van der Waals surface area contributed by atoms with Crippen molar-refractivity contribution in [3.05, 3.63) is 59.7 Å². The zero-order chi connectivity index (χ0) is 18.6. The Hall–Kier alpha value is -3.40. The first-order chi connectivity index (χ1) is 12.4. The summed E-state index contributed by atoms with van der Waals surface area (Å²) in [5.41, 5.74) is 2.40. The highest BCUT2D eigenvalue weighted by molar-refractivity contribution is 6.05. The van der Waals surface area contributed by atoms with Crippen LogP contribution in [0.3, 0.4) is 0 Å². The molecule has 4 aromatic carbocycles. The minimum atomic E-state index is -0.0914. The van der Waals surface area contributed by atoms with E-state index in [9.17, 15) is 20.4 Å². The molecule has 0 heterocycles. The van der Waals surface area contributed by atoms with Gasteiger partial charge in [0.05, 0.1) is 10.8 Å². The SMILES string of the molecule is Cc1cc2cccc(O)c2c(O)c1-c1c(C)cc2cccc(O)c2c1O. The Labute approximate surface area is 150 Å².